The van der Waals surface area contributed by atoms with Crippen LogP contribution in [0.2, 0.25) is 0 Å². The molecule has 3 aromatic rings. The van der Waals surface area contributed by atoms with E-state index < -0.39 is 0 Å². The molecule has 4 nitrogen and oxygen atoms in total. The first-order chi connectivity index (χ1) is 9.24. The maximum atomic E-state index is 9.84. The van der Waals surface area contributed by atoms with Gasteiger partial charge in [-0.05, 0) is 30.3 Å². The minimum atomic E-state index is 0.0297. The predicted molar refractivity (Wildman–Crippen MR) is 78.3 cm³/mol. The van der Waals surface area contributed by atoms with Gasteiger partial charge in [0.05, 0.1) is 11.2 Å². The van der Waals surface area contributed by atoms with Gasteiger partial charge in [0.2, 0.25) is 5.88 Å². The van der Waals surface area contributed by atoms with E-state index in [1.165, 1.54) is 0 Å². The smallest absolute Gasteiger partial charge is 0.218 e. The molecule has 0 saturated heterocycles. The number of fused-ring (bicyclic) bond motifs is 1. The van der Waals surface area contributed by atoms with Crippen LogP contribution in [-0.2, 0) is 0 Å². The van der Waals surface area contributed by atoms with Crippen LogP contribution in [0.3, 0.4) is 0 Å². The molecule has 5 heteroatoms. The van der Waals surface area contributed by atoms with E-state index in [2.05, 4.69) is 31.1 Å². The van der Waals surface area contributed by atoms with Crippen molar-refractivity contribution in [2.75, 3.05) is 0 Å². The van der Waals surface area contributed by atoms with Crippen LogP contribution >= 0.6 is 15.9 Å². The zero-order valence-electron chi connectivity index (χ0n) is 9.84. The van der Waals surface area contributed by atoms with Gasteiger partial charge in [0.25, 0.3) is 0 Å². The highest BCUT2D eigenvalue weighted by Gasteiger charge is 2.09. The van der Waals surface area contributed by atoms with Gasteiger partial charge >= 0.3 is 0 Å². The second kappa shape index (κ2) is 4.85. The van der Waals surface area contributed by atoms with Crippen molar-refractivity contribution >= 4 is 38.2 Å². The number of rotatable bonds is 2. The Kier molecular flexibility index (Phi) is 3.05. The lowest BCUT2D eigenvalue weighted by atomic mass is 10.2. The first kappa shape index (κ1) is 11.9. The van der Waals surface area contributed by atoms with E-state index in [4.69, 9.17) is 0 Å². The maximum Gasteiger partial charge on any atom is 0.218 e. The zero-order valence-corrected chi connectivity index (χ0v) is 11.4. The summed E-state index contributed by atoms with van der Waals surface area (Å²) < 4.78 is 0.987. The molecule has 0 atom stereocenters. The second-order valence-electron chi connectivity index (χ2n) is 4.04. The van der Waals surface area contributed by atoms with E-state index in [1.807, 2.05) is 48.5 Å². The van der Waals surface area contributed by atoms with Crippen molar-refractivity contribution < 1.29 is 5.11 Å². The number of hydrogen-bond donors (Lipinski definition) is 2. The molecule has 0 aliphatic rings. The molecule has 0 aliphatic heterocycles. The normalized spacial score (nSPS) is 11.4. The number of aromatic hydroxyl groups is 1. The van der Waals surface area contributed by atoms with Crippen LogP contribution in [0.15, 0.2) is 63.2 Å². The number of aromatic amines is 1. The van der Waals surface area contributed by atoms with Gasteiger partial charge in [0, 0.05) is 9.86 Å². The average molecular weight is 316 g/mol. The molecule has 1 aromatic heterocycles. The third-order valence-electron chi connectivity index (χ3n) is 2.75. The van der Waals surface area contributed by atoms with Gasteiger partial charge in [-0.2, -0.15) is 5.11 Å². The van der Waals surface area contributed by atoms with Crippen LogP contribution in [0.1, 0.15) is 0 Å². The Bertz CT molecular complexity index is 747. The Morgan fingerprint density at radius 2 is 1.68 bits per heavy atom. The molecule has 0 amide bonds. The number of nitrogens with one attached hydrogen (secondary N) is 1. The molecule has 2 N–H and O–H groups in total. The van der Waals surface area contributed by atoms with Crippen LogP contribution in [0.5, 0.6) is 5.88 Å². The summed E-state index contributed by atoms with van der Waals surface area (Å²) in [4.78, 5) is 2.87. The molecule has 0 bridgehead atoms. The van der Waals surface area contributed by atoms with Gasteiger partial charge in [-0.15, -0.1) is 5.11 Å². The Balaban J connectivity index is 2.01. The summed E-state index contributed by atoms with van der Waals surface area (Å²) in [6, 6.07) is 15.0. The lowest BCUT2D eigenvalue weighted by Crippen LogP contribution is -1.65. The fourth-order valence-corrected chi connectivity index (χ4v) is 2.09. The van der Waals surface area contributed by atoms with Crippen molar-refractivity contribution in [1.29, 1.82) is 0 Å². The number of para-hydroxylation sites is 1. The molecule has 0 aliphatic carbocycles. The molecule has 0 unspecified atom stereocenters. The molecule has 0 fully saturated rings. The van der Waals surface area contributed by atoms with Crippen LogP contribution in [0, 0.1) is 0 Å². The molecule has 0 saturated carbocycles. The zero-order chi connectivity index (χ0) is 13.2. The van der Waals surface area contributed by atoms with E-state index >= 15 is 0 Å². The molecule has 0 spiro atoms. The topological polar surface area (TPSA) is 60.7 Å². The van der Waals surface area contributed by atoms with Gasteiger partial charge in [-0.1, -0.05) is 34.1 Å². The molecular weight excluding hydrogens is 306 g/mol. The molecule has 1 heterocycles. The van der Waals surface area contributed by atoms with Crippen LogP contribution in [0.4, 0.5) is 11.4 Å². The molecule has 94 valence electrons. The van der Waals surface area contributed by atoms with Gasteiger partial charge < -0.3 is 10.1 Å². The fourth-order valence-electron chi connectivity index (χ4n) is 1.83. The summed E-state index contributed by atoms with van der Waals surface area (Å²) >= 11 is 3.36. The highest BCUT2D eigenvalue weighted by atomic mass is 79.9. The lowest BCUT2D eigenvalue weighted by Gasteiger charge is -1.93. The van der Waals surface area contributed by atoms with E-state index in [-0.39, 0.29) is 5.88 Å². The van der Waals surface area contributed by atoms with Gasteiger partial charge in [0.15, 0.2) is 5.69 Å². The number of azo groups is 1. The summed E-state index contributed by atoms with van der Waals surface area (Å²) in [7, 11) is 0. The summed E-state index contributed by atoms with van der Waals surface area (Å²) in [5, 5.41) is 18.9. The fraction of sp³-hybridized carbons (Fsp3) is 0. The van der Waals surface area contributed by atoms with Gasteiger partial charge in [-0.25, -0.2) is 0 Å². The van der Waals surface area contributed by atoms with Crippen molar-refractivity contribution in [3.05, 3.63) is 53.0 Å². The molecular formula is C14H10BrN3O. The molecule has 2 aromatic carbocycles. The first-order valence-electron chi connectivity index (χ1n) is 5.71. The SMILES string of the molecule is Oc1[nH]c2ccccc2c1N=Nc1ccc(Br)cc1. The van der Waals surface area contributed by atoms with Crippen molar-refractivity contribution in [1.82, 2.24) is 4.98 Å². The number of hydrogen-bond acceptors (Lipinski definition) is 3. The quantitative estimate of drug-likeness (QED) is 0.638. The lowest BCUT2D eigenvalue weighted by molar-refractivity contribution is 0.459. The van der Waals surface area contributed by atoms with Crippen molar-refractivity contribution in [3.8, 4) is 5.88 Å². The third kappa shape index (κ3) is 2.37. The number of aromatic nitrogens is 1. The first-order valence-corrected chi connectivity index (χ1v) is 6.50. The standard InChI is InChI=1S/C14H10BrN3O/c15-9-5-7-10(8-6-9)17-18-13-11-3-1-2-4-12(11)16-14(13)19/h1-8,16,19H. The van der Waals surface area contributed by atoms with Gasteiger partial charge in [-0.3, -0.25) is 0 Å². The monoisotopic (exact) mass is 315 g/mol. The molecule has 19 heavy (non-hydrogen) atoms. The minimum Gasteiger partial charge on any atom is -0.493 e. The number of nitrogens with zero attached hydrogens (tertiary/aromatic N) is 2. The van der Waals surface area contributed by atoms with E-state index in [0.717, 1.165) is 21.1 Å². The number of benzene rings is 2. The predicted octanol–water partition coefficient (Wildman–Crippen LogP) is 5.05. The maximum absolute atomic E-state index is 9.84. The van der Waals surface area contributed by atoms with Crippen molar-refractivity contribution in [2.24, 2.45) is 10.2 Å². The Labute approximate surface area is 117 Å². The highest BCUT2D eigenvalue weighted by molar-refractivity contribution is 9.10. The Morgan fingerprint density at radius 1 is 0.947 bits per heavy atom. The van der Waals surface area contributed by atoms with Crippen molar-refractivity contribution in [3.63, 3.8) is 0 Å². The van der Waals surface area contributed by atoms with E-state index in [9.17, 15) is 5.11 Å². The van der Waals surface area contributed by atoms with Crippen molar-refractivity contribution in [2.45, 2.75) is 0 Å². The van der Waals surface area contributed by atoms with E-state index in [0.29, 0.717) is 5.69 Å². The van der Waals surface area contributed by atoms with E-state index in [1.54, 1.807) is 0 Å². The Hall–Kier alpha value is -2.14. The minimum absolute atomic E-state index is 0.0297. The second-order valence-corrected chi connectivity index (χ2v) is 4.96. The average Bonchev–Trinajstić information content (AvgIpc) is 2.74. The highest BCUT2D eigenvalue weighted by Crippen LogP contribution is 2.36. The molecule has 3 rings (SSSR count). The molecule has 0 radical (unpaired) electrons. The van der Waals surface area contributed by atoms with Crippen LogP contribution in [0.25, 0.3) is 10.9 Å². The summed E-state index contributed by atoms with van der Waals surface area (Å²) in [6.07, 6.45) is 0. The third-order valence-corrected chi connectivity index (χ3v) is 3.28. The summed E-state index contributed by atoms with van der Waals surface area (Å²) in [5.41, 5.74) is 2.02. The van der Waals surface area contributed by atoms with Gasteiger partial charge in [0.1, 0.15) is 0 Å². The summed E-state index contributed by atoms with van der Waals surface area (Å²) in [5.74, 6) is 0.0297. The van der Waals surface area contributed by atoms with Crippen LogP contribution < -0.4 is 0 Å². The number of halogens is 1. The summed E-state index contributed by atoms with van der Waals surface area (Å²) in [6.45, 7) is 0. The largest absolute Gasteiger partial charge is 0.493 e. The van der Waals surface area contributed by atoms with Crippen LogP contribution in [-0.4, -0.2) is 10.1 Å². The number of H-pyrrole nitrogens is 1. The Morgan fingerprint density at radius 3 is 2.47 bits per heavy atom.